The van der Waals surface area contributed by atoms with Crippen molar-refractivity contribution in [2.45, 2.75) is 26.3 Å². The third-order valence-corrected chi connectivity index (χ3v) is 2.61. The van der Waals surface area contributed by atoms with Crippen LogP contribution in [0.1, 0.15) is 31.2 Å². The van der Waals surface area contributed by atoms with Crippen molar-refractivity contribution in [2.75, 3.05) is 19.7 Å². The molecule has 94 valence electrons. The summed E-state index contributed by atoms with van der Waals surface area (Å²) in [6, 6.07) is 6.13. The summed E-state index contributed by atoms with van der Waals surface area (Å²) < 4.78 is 0. The van der Waals surface area contributed by atoms with Crippen molar-refractivity contribution < 1.29 is 5.11 Å². The third kappa shape index (κ3) is 4.67. The maximum absolute atomic E-state index is 8.99. The van der Waals surface area contributed by atoms with E-state index < -0.39 is 0 Å². The summed E-state index contributed by atoms with van der Waals surface area (Å²) in [7, 11) is 0. The number of hydrogen-bond acceptors (Lipinski definition) is 3. The Labute approximate surface area is 104 Å². The van der Waals surface area contributed by atoms with Crippen molar-refractivity contribution >= 4 is 0 Å². The lowest BCUT2D eigenvalue weighted by molar-refractivity contribution is 0.202. The molecule has 0 fully saturated rings. The molecule has 0 unspecified atom stereocenters. The molecule has 1 heterocycles. The molecule has 0 radical (unpaired) electrons. The molecule has 0 saturated carbocycles. The molecule has 0 atom stereocenters. The van der Waals surface area contributed by atoms with Gasteiger partial charge in [-0.15, -0.1) is 6.58 Å². The van der Waals surface area contributed by atoms with Crippen LogP contribution < -0.4 is 0 Å². The smallest absolute Gasteiger partial charge is 0.0558 e. The Morgan fingerprint density at radius 3 is 2.82 bits per heavy atom. The van der Waals surface area contributed by atoms with Crippen LogP contribution in [0.3, 0.4) is 0 Å². The predicted octanol–water partition coefficient (Wildman–Crippen LogP) is 2.19. The third-order valence-electron chi connectivity index (χ3n) is 2.61. The second-order valence-electron chi connectivity index (χ2n) is 4.46. The fourth-order valence-corrected chi connectivity index (χ4v) is 1.70. The van der Waals surface area contributed by atoms with Gasteiger partial charge in [0.1, 0.15) is 0 Å². The van der Waals surface area contributed by atoms with Gasteiger partial charge in [-0.25, -0.2) is 0 Å². The van der Waals surface area contributed by atoms with E-state index >= 15 is 0 Å². The van der Waals surface area contributed by atoms with Gasteiger partial charge < -0.3 is 5.11 Å². The van der Waals surface area contributed by atoms with Crippen molar-refractivity contribution in [1.29, 1.82) is 0 Å². The van der Waals surface area contributed by atoms with Gasteiger partial charge in [-0.05, 0) is 18.1 Å². The highest BCUT2D eigenvalue weighted by Crippen LogP contribution is 2.12. The number of hydrogen-bond donors (Lipinski definition) is 1. The molecule has 0 saturated heterocycles. The normalized spacial score (nSPS) is 11.1. The minimum atomic E-state index is 0.164. The van der Waals surface area contributed by atoms with Gasteiger partial charge in [-0.3, -0.25) is 9.88 Å². The number of rotatable bonds is 7. The van der Waals surface area contributed by atoms with E-state index in [4.69, 9.17) is 5.11 Å². The van der Waals surface area contributed by atoms with E-state index in [0.717, 1.165) is 24.5 Å². The van der Waals surface area contributed by atoms with E-state index in [9.17, 15) is 0 Å². The van der Waals surface area contributed by atoms with Gasteiger partial charge in [-0.2, -0.15) is 0 Å². The fourth-order valence-electron chi connectivity index (χ4n) is 1.70. The van der Waals surface area contributed by atoms with Crippen molar-refractivity contribution in [3.8, 4) is 0 Å². The molecule has 0 bridgehead atoms. The van der Waals surface area contributed by atoms with Crippen LogP contribution in [0.25, 0.3) is 0 Å². The van der Waals surface area contributed by atoms with Crippen LogP contribution in [-0.4, -0.2) is 34.7 Å². The summed E-state index contributed by atoms with van der Waals surface area (Å²) in [6.07, 6.45) is 1.85. The molecule has 1 aromatic heterocycles. The first kappa shape index (κ1) is 13.9. The topological polar surface area (TPSA) is 36.4 Å². The second kappa shape index (κ2) is 7.20. The van der Waals surface area contributed by atoms with Crippen LogP contribution in [0.5, 0.6) is 0 Å². The second-order valence-corrected chi connectivity index (χ2v) is 4.46. The molecule has 0 aliphatic carbocycles. The molecular weight excluding hydrogens is 212 g/mol. The lowest BCUT2D eigenvalue weighted by atomic mass is 10.1. The average Bonchev–Trinajstić information content (AvgIpc) is 2.30. The average molecular weight is 234 g/mol. The predicted molar refractivity (Wildman–Crippen MR) is 70.9 cm³/mol. The van der Waals surface area contributed by atoms with Gasteiger partial charge in [0.05, 0.1) is 12.3 Å². The van der Waals surface area contributed by atoms with Gasteiger partial charge in [0.25, 0.3) is 0 Å². The van der Waals surface area contributed by atoms with Crippen molar-refractivity contribution in [3.63, 3.8) is 0 Å². The Bertz CT molecular complexity index is 350. The van der Waals surface area contributed by atoms with Crippen LogP contribution in [0.4, 0.5) is 0 Å². The SMILES string of the molecule is C=CCN(CCO)Cc1cccc(C(C)C)n1. The van der Waals surface area contributed by atoms with Crippen LogP contribution in [0, 0.1) is 0 Å². The van der Waals surface area contributed by atoms with Gasteiger partial charge in [-0.1, -0.05) is 26.0 Å². The fraction of sp³-hybridized carbons (Fsp3) is 0.500. The van der Waals surface area contributed by atoms with Crippen LogP contribution in [-0.2, 0) is 6.54 Å². The highest BCUT2D eigenvalue weighted by molar-refractivity contribution is 5.13. The summed E-state index contributed by atoms with van der Waals surface area (Å²) in [5, 5.41) is 8.99. The Morgan fingerprint density at radius 1 is 1.47 bits per heavy atom. The van der Waals surface area contributed by atoms with Gasteiger partial charge >= 0.3 is 0 Å². The lowest BCUT2D eigenvalue weighted by Crippen LogP contribution is -2.27. The zero-order valence-electron chi connectivity index (χ0n) is 10.8. The van der Waals surface area contributed by atoms with E-state index in [1.165, 1.54) is 0 Å². The van der Waals surface area contributed by atoms with E-state index in [2.05, 4.69) is 36.4 Å². The standard InChI is InChI=1S/C14H22N2O/c1-4-8-16(9-10-17)11-13-6-5-7-14(15-13)12(2)3/h4-7,12,17H,1,8-11H2,2-3H3. The minimum absolute atomic E-state index is 0.164. The Hall–Kier alpha value is -1.19. The molecule has 3 nitrogen and oxygen atoms in total. The van der Waals surface area contributed by atoms with Crippen LogP contribution in [0.15, 0.2) is 30.9 Å². The molecular formula is C14H22N2O. The molecule has 0 aliphatic rings. The van der Waals surface area contributed by atoms with E-state index in [-0.39, 0.29) is 6.61 Å². The molecule has 17 heavy (non-hydrogen) atoms. The summed E-state index contributed by atoms with van der Waals surface area (Å²) in [4.78, 5) is 6.74. The number of aliphatic hydroxyl groups excluding tert-OH is 1. The first-order chi connectivity index (χ1) is 8.17. The molecule has 1 rings (SSSR count). The van der Waals surface area contributed by atoms with E-state index in [1.807, 2.05) is 18.2 Å². The number of aromatic nitrogens is 1. The molecule has 0 spiro atoms. The van der Waals surface area contributed by atoms with Crippen molar-refractivity contribution in [1.82, 2.24) is 9.88 Å². The first-order valence-electron chi connectivity index (χ1n) is 6.07. The van der Waals surface area contributed by atoms with Crippen LogP contribution in [0.2, 0.25) is 0 Å². The van der Waals surface area contributed by atoms with Gasteiger partial charge in [0.2, 0.25) is 0 Å². The number of nitrogens with zero attached hydrogens (tertiary/aromatic N) is 2. The van der Waals surface area contributed by atoms with Crippen molar-refractivity contribution in [2.24, 2.45) is 0 Å². The number of aliphatic hydroxyl groups is 1. The molecule has 0 aromatic carbocycles. The Balaban J connectivity index is 2.70. The Kier molecular flexibility index (Phi) is 5.87. The minimum Gasteiger partial charge on any atom is -0.395 e. The summed E-state index contributed by atoms with van der Waals surface area (Å²) >= 11 is 0. The first-order valence-corrected chi connectivity index (χ1v) is 6.07. The van der Waals surface area contributed by atoms with Crippen LogP contribution >= 0.6 is 0 Å². The van der Waals surface area contributed by atoms with E-state index in [1.54, 1.807) is 0 Å². The van der Waals surface area contributed by atoms with Gasteiger partial charge in [0.15, 0.2) is 0 Å². The molecule has 0 amide bonds. The lowest BCUT2D eigenvalue weighted by Gasteiger charge is -2.19. The monoisotopic (exact) mass is 234 g/mol. The summed E-state index contributed by atoms with van der Waals surface area (Å²) in [5.74, 6) is 0.445. The molecule has 1 N–H and O–H groups in total. The summed E-state index contributed by atoms with van der Waals surface area (Å²) in [5.41, 5.74) is 2.16. The zero-order chi connectivity index (χ0) is 12.7. The Morgan fingerprint density at radius 2 is 2.24 bits per heavy atom. The highest BCUT2D eigenvalue weighted by Gasteiger charge is 2.06. The number of pyridine rings is 1. The largest absolute Gasteiger partial charge is 0.395 e. The molecule has 1 aromatic rings. The zero-order valence-corrected chi connectivity index (χ0v) is 10.8. The molecule has 3 heteroatoms. The van der Waals surface area contributed by atoms with Gasteiger partial charge in [0, 0.05) is 25.3 Å². The maximum Gasteiger partial charge on any atom is 0.0558 e. The quantitative estimate of drug-likeness (QED) is 0.735. The molecule has 0 aliphatic heterocycles. The summed E-state index contributed by atoms with van der Waals surface area (Å²) in [6.45, 7) is 10.4. The highest BCUT2D eigenvalue weighted by atomic mass is 16.3. The van der Waals surface area contributed by atoms with Crippen molar-refractivity contribution in [3.05, 3.63) is 42.2 Å². The van der Waals surface area contributed by atoms with E-state index in [0.29, 0.717) is 12.5 Å². The maximum atomic E-state index is 8.99.